The molecule has 0 unspecified atom stereocenters. The number of sulfonamides is 1. The molecular formula is C23H21BrClN3O3S. The summed E-state index contributed by atoms with van der Waals surface area (Å²) in [5.74, 6) is -0.577. The molecule has 0 aliphatic heterocycles. The van der Waals surface area contributed by atoms with Crippen LogP contribution >= 0.6 is 27.5 Å². The van der Waals surface area contributed by atoms with Crippen molar-refractivity contribution in [3.8, 4) is 0 Å². The van der Waals surface area contributed by atoms with E-state index in [1.54, 1.807) is 12.1 Å². The van der Waals surface area contributed by atoms with E-state index >= 15 is 0 Å². The van der Waals surface area contributed by atoms with Crippen LogP contribution in [-0.4, -0.2) is 27.1 Å². The van der Waals surface area contributed by atoms with E-state index in [2.05, 4.69) is 26.5 Å². The number of carbonyl (C=O) groups excluding carboxylic acids is 1. The lowest BCUT2D eigenvalue weighted by Gasteiger charge is -2.24. The molecule has 3 rings (SSSR count). The van der Waals surface area contributed by atoms with Crippen LogP contribution in [0.2, 0.25) is 5.02 Å². The van der Waals surface area contributed by atoms with Crippen molar-refractivity contribution in [3.05, 3.63) is 92.9 Å². The summed E-state index contributed by atoms with van der Waals surface area (Å²) in [4.78, 5) is 12.6. The first-order chi connectivity index (χ1) is 15.2. The molecule has 0 bridgehead atoms. The quantitative estimate of drug-likeness (QED) is 0.340. The number of anilines is 1. The molecule has 1 amide bonds. The fraction of sp³-hybridized carbons (Fsp3) is 0.130. The molecule has 0 heterocycles. The summed E-state index contributed by atoms with van der Waals surface area (Å²) < 4.78 is 28.7. The molecule has 3 aromatic carbocycles. The number of rotatable bonds is 7. The normalized spacial score (nSPS) is 11.5. The number of carbonyl (C=O) groups is 1. The van der Waals surface area contributed by atoms with E-state index in [0.717, 1.165) is 25.5 Å². The van der Waals surface area contributed by atoms with E-state index in [4.69, 9.17) is 11.6 Å². The van der Waals surface area contributed by atoms with E-state index in [1.165, 1.54) is 30.5 Å². The summed E-state index contributed by atoms with van der Waals surface area (Å²) in [6.07, 6.45) is 1.48. The average molecular weight is 535 g/mol. The van der Waals surface area contributed by atoms with Crippen molar-refractivity contribution in [2.75, 3.05) is 10.8 Å². The predicted octanol–water partition coefficient (Wildman–Crippen LogP) is 5.06. The second-order valence-electron chi connectivity index (χ2n) is 7.08. The summed E-state index contributed by atoms with van der Waals surface area (Å²) in [5, 5.41) is 4.36. The highest BCUT2D eigenvalue weighted by Gasteiger charge is 2.27. The van der Waals surface area contributed by atoms with E-state index < -0.39 is 22.5 Å². The number of benzene rings is 3. The zero-order chi connectivity index (χ0) is 23.3. The molecule has 0 spiro atoms. The molecule has 0 saturated carbocycles. The van der Waals surface area contributed by atoms with Crippen LogP contribution in [-0.2, 0) is 14.8 Å². The lowest BCUT2D eigenvalue weighted by molar-refractivity contribution is -0.119. The number of hydrogen-bond donors (Lipinski definition) is 1. The number of halogens is 2. The van der Waals surface area contributed by atoms with Crippen molar-refractivity contribution in [1.82, 2.24) is 5.43 Å². The van der Waals surface area contributed by atoms with Crippen LogP contribution in [0.25, 0.3) is 0 Å². The Balaban J connectivity index is 1.87. The second-order valence-corrected chi connectivity index (χ2v) is 10.3. The third-order valence-electron chi connectivity index (χ3n) is 4.72. The van der Waals surface area contributed by atoms with Crippen molar-refractivity contribution in [2.24, 2.45) is 5.10 Å². The zero-order valence-corrected chi connectivity index (χ0v) is 20.6. The number of nitrogens with zero attached hydrogens (tertiary/aromatic N) is 2. The van der Waals surface area contributed by atoms with E-state index in [1.807, 2.05) is 44.2 Å². The third kappa shape index (κ3) is 5.97. The van der Waals surface area contributed by atoms with Crippen molar-refractivity contribution in [1.29, 1.82) is 0 Å². The van der Waals surface area contributed by atoms with Gasteiger partial charge in [-0.3, -0.25) is 9.10 Å². The Kier molecular flexibility index (Phi) is 7.71. The zero-order valence-electron chi connectivity index (χ0n) is 17.4. The van der Waals surface area contributed by atoms with Gasteiger partial charge in [-0.2, -0.15) is 5.10 Å². The fourth-order valence-electron chi connectivity index (χ4n) is 2.86. The van der Waals surface area contributed by atoms with Gasteiger partial charge >= 0.3 is 0 Å². The van der Waals surface area contributed by atoms with Crippen molar-refractivity contribution in [3.63, 3.8) is 0 Å². The largest absolute Gasteiger partial charge is 0.271 e. The lowest BCUT2D eigenvalue weighted by Crippen LogP contribution is -2.39. The molecule has 0 saturated heterocycles. The topological polar surface area (TPSA) is 78.8 Å². The molecule has 0 aliphatic rings. The highest BCUT2D eigenvalue weighted by atomic mass is 79.9. The van der Waals surface area contributed by atoms with Crippen LogP contribution in [0.5, 0.6) is 0 Å². The molecule has 0 fully saturated rings. The van der Waals surface area contributed by atoms with Gasteiger partial charge in [-0.15, -0.1) is 0 Å². The summed E-state index contributed by atoms with van der Waals surface area (Å²) in [6.45, 7) is 3.37. The maximum Gasteiger partial charge on any atom is 0.264 e. The van der Waals surface area contributed by atoms with Crippen molar-refractivity contribution < 1.29 is 13.2 Å². The van der Waals surface area contributed by atoms with Gasteiger partial charge in [0.15, 0.2) is 0 Å². The molecule has 0 aromatic heterocycles. The van der Waals surface area contributed by atoms with Crippen LogP contribution in [0.3, 0.4) is 0 Å². The van der Waals surface area contributed by atoms with E-state index in [9.17, 15) is 13.2 Å². The summed E-state index contributed by atoms with van der Waals surface area (Å²) in [6, 6.07) is 18.4. The second kappa shape index (κ2) is 10.3. The first-order valence-corrected chi connectivity index (χ1v) is 12.2. The van der Waals surface area contributed by atoms with Gasteiger partial charge in [0.2, 0.25) is 0 Å². The third-order valence-corrected chi connectivity index (χ3v) is 7.25. The summed E-state index contributed by atoms with van der Waals surface area (Å²) >= 11 is 9.28. The monoisotopic (exact) mass is 533 g/mol. The Morgan fingerprint density at radius 2 is 1.78 bits per heavy atom. The fourth-order valence-corrected chi connectivity index (χ4v) is 4.82. The molecule has 0 aliphatic carbocycles. The molecule has 0 radical (unpaired) electrons. The molecule has 32 heavy (non-hydrogen) atoms. The highest BCUT2D eigenvalue weighted by molar-refractivity contribution is 9.10. The smallest absolute Gasteiger partial charge is 0.264 e. The maximum atomic E-state index is 13.4. The number of hydrazone groups is 1. The summed E-state index contributed by atoms with van der Waals surface area (Å²) in [7, 11) is -4.02. The standard InChI is InChI=1S/C23H21BrClN3O3S/c1-16-6-9-21(12-17(16)2)28(32(30,31)22-10-7-20(25)8-11-22)15-23(29)27-26-14-18-4-3-5-19(24)13-18/h3-14H,15H2,1-2H3,(H,27,29)/b26-14-. The van der Waals surface area contributed by atoms with Crippen LogP contribution in [0, 0.1) is 13.8 Å². The summed E-state index contributed by atoms with van der Waals surface area (Å²) in [5.41, 5.74) is 5.48. The first kappa shape index (κ1) is 24.0. The van der Waals surface area contributed by atoms with Gasteiger partial charge in [-0.25, -0.2) is 13.8 Å². The predicted molar refractivity (Wildman–Crippen MR) is 132 cm³/mol. The Hall–Kier alpha value is -2.68. The number of hydrogen-bond acceptors (Lipinski definition) is 4. The minimum Gasteiger partial charge on any atom is -0.271 e. The van der Waals surface area contributed by atoms with Crippen molar-refractivity contribution in [2.45, 2.75) is 18.7 Å². The Morgan fingerprint density at radius 1 is 1.06 bits per heavy atom. The Bertz CT molecular complexity index is 1260. The van der Waals surface area contributed by atoms with Crippen LogP contribution < -0.4 is 9.73 Å². The van der Waals surface area contributed by atoms with Crippen LogP contribution in [0.1, 0.15) is 16.7 Å². The van der Waals surface area contributed by atoms with Gasteiger partial charge < -0.3 is 0 Å². The Labute approximate surface area is 201 Å². The molecule has 0 atom stereocenters. The van der Waals surface area contributed by atoms with Gasteiger partial charge in [0.25, 0.3) is 15.9 Å². The molecular weight excluding hydrogens is 514 g/mol. The van der Waals surface area contributed by atoms with Gasteiger partial charge in [0, 0.05) is 9.50 Å². The first-order valence-electron chi connectivity index (χ1n) is 9.60. The maximum absolute atomic E-state index is 13.4. The number of nitrogens with one attached hydrogen (secondary N) is 1. The SMILES string of the molecule is Cc1ccc(N(CC(=O)N/N=C\c2cccc(Br)c2)S(=O)(=O)c2ccc(Cl)cc2)cc1C. The van der Waals surface area contributed by atoms with Gasteiger partial charge in [0.05, 0.1) is 16.8 Å². The molecule has 9 heteroatoms. The van der Waals surface area contributed by atoms with Crippen LogP contribution in [0.15, 0.2) is 81.2 Å². The van der Waals surface area contributed by atoms with Crippen LogP contribution in [0.4, 0.5) is 5.69 Å². The lowest BCUT2D eigenvalue weighted by atomic mass is 10.1. The van der Waals surface area contributed by atoms with Crippen molar-refractivity contribution >= 4 is 55.4 Å². The average Bonchev–Trinajstić information content (AvgIpc) is 2.74. The van der Waals surface area contributed by atoms with Gasteiger partial charge in [0.1, 0.15) is 6.54 Å². The van der Waals surface area contributed by atoms with Gasteiger partial charge in [-0.05, 0) is 79.1 Å². The molecule has 1 N–H and O–H groups in total. The number of aryl methyl sites for hydroxylation is 2. The van der Waals surface area contributed by atoms with E-state index in [0.29, 0.717) is 10.7 Å². The minimum absolute atomic E-state index is 0.0329. The minimum atomic E-state index is -4.02. The van der Waals surface area contributed by atoms with Gasteiger partial charge in [-0.1, -0.05) is 45.7 Å². The molecule has 3 aromatic rings. The molecule has 6 nitrogen and oxygen atoms in total. The Morgan fingerprint density at radius 3 is 2.44 bits per heavy atom. The number of amides is 1. The van der Waals surface area contributed by atoms with E-state index in [-0.39, 0.29) is 4.90 Å². The molecule has 166 valence electrons. The highest BCUT2D eigenvalue weighted by Crippen LogP contribution is 2.26.